The van der Waals surface area contributed by atoms with Crippen LogP contribution in [-0.4, -0.2) is 34.6 Å². The van der Waals surface area contributed by atoms with E-state index in [0.717, 1.165) is 30.7 Å². The molecule has 1 saturated heterocycles. The Balaban J connectivity index is 1.83. The second kappa shape index (κ2) is 6.68. The normalized spacial score (nSPS) is 17.6. The molecule has 1 atom stereocenters. The Morgan fingerprint density at radius 3 is 3.08 bits per heavy atom. The lowest BCUT2D eigenvalue weighted by Crippen LogP contribution is -2.23. The number of aromatic nitrogens is 2. The molecule has 8 heteroatoms. The number of nitriles is 1. The van der Waals surface area contributed by atoms with Gasteiger partial charge >= 0.3 is 0 Å². The van der Waals surface area contributed by atoms with Crippen molar-refractivity contribution in [2.45, 2.75) is 25.4 Å². The molecular weight excluding hydrogens is 310 g/mol. The Kier molecular flexibility index (Phi) is 4.44. The summed E-state index contributed by atoms with van der Waals surface area (Å²) in [5.74, 6) is 0.290. The maximum atomic E-state index is 11.1. The second-order valence-corrected chi connectivity index (χ2v) is 5.59. The van der Waals surface area contributed by atoms with E-state index < -0.39 is 5.91 Å². The molecule has 0 saturated carbocycles. The molecule has 1 aromatic heterocycles. The molecule has 1 fully saturated rings. The molecule has 8 nitrogen and oxygen atoms in total. The topological polar surface area (TPSA) is 118 Å². The lowest BCUT2D eigenvalue weighted by molar-refractivity contribution is 0.0987. The first-order chi connectivity index (χ1) is 11.6. The van der Waals surface area contributed by atoms with E-state index >= 15 is 0 Å². The van der Waals surface area contributed by atoms with Gasteiger partial charge in [-0.25, -0.2) is 0 Å². The fourth-order valence-electron chi connectivity index (χ4n) is 2.96. The molecule has 2 aromatic rings. The van der Waals surface area contributed by atoms with Gasteiger partial charge in [0.05, 0.1) is 24.8 Å². The van der Waals surface area contributed by atoms with Crippen molar-refractivity contribution in [2.24, 2.45) is 5.73 Å². The third-order valence-corrected chi connectivity index (χ3v) is 4.09. The number of ether oxygens (including phenoxy) is 1. The van der Waals surface area contributed by atoms with Gasteiger partial charge in [-0.2, -0.15) is 10.2 Å². The Morgan fingerprint density at radius 2 is 2.42 bits per heavy atom. The molecule has 0 aliphatic carbocycles. The third-order valence-electron chi connectivity index (χ3n) is 4.09. The smallest absolute Gasteiger partial charge is 0.290 e. The van der Waals surface area contributed by atoms with Gasteiger partial charge in [-0.15, -0.1) is 0 Å². The van der Waals surface area contributed by atoms with Crippen molar-refractivity contribution in [2.75, 3.05) is 13.7 Å². The summed E-state index contributed by atoms with van der Waals surface area (Å²) in [4.78, 5) is 17.4. The van der Waals surface area contributed by atoms with Gasteiger partial charge in [0.2, 0.25) is 5.89 Å². The average molecular weight is 327 g/mol. The number of carbonyl (C=O) groups excluding carboxylic acids is 1. The minimum absolute atomic E-state index is 0.0824. The van der Waals surface area contributed by atoms with Gasteiger partial charge in [0.25, 0.3) is 11.7 Å². The number of benzene rings is 1. The number of carbonyl (C=O) groups is 1. The van der Waals surface area contributed by atoms with Crippen molar-refractivity contribution in [3.8, 4) is 11.8 Å². The molecule has 1 aromatic carbocycles. The van der Waals surface area contributed by atoms with Crippen molar-refractivity contribution in [1.29, 1.82) is 5.26 Å². The monoisotopic (exact) mass is 327 g/mol. The average Bonchev–Trinajstić information content (AvgIpc) is 3.23. The molecule has 1 aliphatic heterocycles. The van der Waals surface area contributed by atoms with E-state index in [1.54, 1.807) is 19.2 Å². The molecule has 2 N–H and O–H groups in total. The summed E-state index contributed by atoms with van der Waals surface area (Å²) in [5, 5.41) is 12.7. The number of primary amides is 1. The Labute approximate surface area is 138 Å². The van der Waals surface area contributed by atoms with Gasteiger partial charge in [0, 0.05) is 12.1 Å². The van der Waals surface area contributed by atoms with Crippen LogP contribution in [0.2, 0.25) is 0 Å². The fourth-order valence-corrected chi connectivity index (χ4v) is 2.96. The number of nitrogens with zero attached hydrogens (tertiary/aromatic N) is 4. The van der Waals surface area contributed by atoms with Crippen LogP contribution in [0.4, 0.5) is 0 Å². The summed E-state index contributed by atoms with van der Waals surface area (Å²) in [6.07, 6.45) is 1.82. The standard InChI is InChI=1S/C16H17N5O3/c1-23-13-5-4-10(8-17)7-11(13)9-21-6-2-3-12(21)16-19-15(14(18)22)20-24-16/h4-5,7,12H,2-3,6,9H2,1H3,(H2,18,22)/t12-/m1/s1. The molecule has 0 unspecified atom stereocenters. The van der Waals surface area contributed by atoms with E-state index in [2.05, 4.69) is 21.1 Å². The van der Waals surface area contributed by atoms with Crippen molar-refractivity contribution < 1.29 is 14.1 Å². The van der Waals surface area contributed by atoms with Crippen molar-refractivity contribution in [1.82, 2.24) is 15.0 Å². The quantitative estimate of drug-likeness (QED) is 0.881. The summed E-state index contributed by atoms with van der Waals surface area (Å²) in [5.41, 5.74) is 6.66. The minimum atomic E-state index is -0.710. The SMILES string of the molecule is COc1ccc(C#N)cc1CN1CCC[C@@H]1c1nc(C(N)=O)no1. The first kappa shape index (κ1) is 16.0. The summed E-state index contributed by atoms with van der Waals surface area (Å²) < 4.78 is 10.6. The van der Waals surface area contributed by atoms with E-state index in [9.17, 15) is 4.79 Å². The zero-order valence-electron chi connectivity index (χ0n) is 13.2. The van der Waals surface area contributed by atoms with Gasteiger partial charge in [-0.3, -0.25) is 9.69 Å². The van der Waals surface area contributed by atoms with Crippen LogP contribution in [0.3, 0.4) is 0 Å². The summed E-state index contributed by atoms with van der Waals surface area (Å²) >= 11 is 0. The molecule has 2 heterocycles. The van der Waals surface area contributed by atoms with Gasteiger partial charge in [-0.1, -0.05) is 5.16 Å². The lowest BCUT2D eigenvalue weighted by atomic mass is 10.1. The molecule has 124 valence electrons. The highest BCUT2D eigenvalue weighted by Crippen LogP contribution is 2.34. The van der Waals surface area contributed by atoms with Gasteiger partial charge in [-0.05, 0) is 37.6 Å². The fraction of sp³-hybridized carbons (Fsp3) is 0.375. The number of amides is 1. The number of methoxy groups -OCH3 is 1. The predicted molar refractivity (Wildman–Crippen MR) is 82.9 cm³/mol. The maximum absolute atomic E-state index is 11.1. The zero-order valence-corrected chi connectivity index (χ0v) is 13.2. The van der Waals surface area contributed by atoms with Gasteiger partial charge < -0.3 is 15.0 Å². The van der Waals surface area contributed by atoms with Crippen LogP contribution < -0.4 is 10.5 Å². The van der Waals surface area contributed by atoms with Crippen molar-refractivity contribution >= 4 is 5.91 Å². The zero-order chi connectivity index (χ0) is 17.1. The van der Waals surface area contributed by atoms with Crippen molar-refractivity contribution in [3.05, 3.63) is 41.0 Å². The minimum Gasteiger partial charge on any atom is -0.496 e. The highest BCUT2D eigenvalue weighted by molar-refractivity contribution is 5.88. The van der Waals surface area contributed by atoms with Gasteiger partial charge in [0.15, 0.2) is 0 Å². The molecule has 0 radical (unpaired) electrons. The van der Waals surface area contributed by atoms with E-state index in [4.69, 9.17) is 20.3 Å². The maximum Gasteiger partial charge on any atom is 0.290 e. The molecule has 0 spiro atoms. The molecule has 3 rings (SSSR count). The lowest BCUT2D eigenvalue weighted by Gasteiger charge is -2.22. The summed E-state index contributed by atoms with van der Waals surface area (Å²) in [6, 6.07) is 7.38. The number of likely N-dealkylation sites (tertiary alicyclic amines) is 1. The van der Waals surface area contributed by atoms with Crippen LogP contribution in [0, 0.1) is 11.3 Å². The highest BCUT2D eigenvalue weighted by Gasteiger charge is 2.31. The molecule has 24 heavy (non-hydrogen) atoms. The van der Waals surface area contributed by atoms with E-state index in [-0.39, 0.29) is 11.9 Å². The van der Waals surface area contributed by atoms with E-state index in [1.807, 2.05) is 6.07 Å². The van der Waals surface area contributed by atoms with Crippen LogP contribution in [0.15, 0.2) is 22.7 Å². The Bertz CT molecular complexity index is 795. The summed E-state index contributed by atoms with van der Waals surface area (Å²) in [7, 11) is 1.60. The van der Waals surface area contributed by atoms with E-state index in [1.165, 1.54) is 0 Å². The molecule has 1 aliphatic rings. The molecular formula is C16H17N5O3. The molecule has 1 amide bonds. The molecule has 0 bridgehead atoms. The number of hydrogen-bond donors (Lipinski definition) is 1. The van der Waals surface area contributed by atoms with Crippen molar-refractivity contribution in [3.63, 3.8) is 0 Å². The first-order valence-electron chi connectivity index (χ1n) is 7.57. The van der Waals surface area contributed by atoms with Crippen LogP contribution in [0.25, 0.3) is 0 Å². The van der Waals surface area contributed by atoms with E-state index in [0.29, 0.717) is 18.0 Å². The Morgan fingerprint density at radius 1 is 1.58 bits per heavy atom. The first-order valence-corrected chi connectivity index (χ1v) is 7.57. The van der Waals surface area contributed by atoms with Crippen LogP contribution in [0.5, 0.6) is 5.75 Å². The predicted octanol–water partition coefficient (Wildman–Crippen LogP) is 1.39. The van der Waals surface area contributed by atoms with Crippen LogP contribution in [-0.2, 0) is 6.54 Å². The third kappa shape index (κ3) is 3.07. The number of rotatable bonds is 5. The van der Waals surface area contributed by atoms with Gasteiger partial charge in [0.1, 0.15) is 5.75 Å². The number of nitrogens with two attached hydrogens (primary N) is 1. The van der Waals surface area contributed by atoms with Crippen LogP contribution >= 0.6 is 0 Å². The largest absolute Gasteiger partial charge is 0.496 e. The number of hydrogen-bond acceptors (Lipinski definition) is 7. The summed E-state index contributed by atoms with van der Waals surface area (Å²) in [6.45, 7) is 1.43. The Hall–Kier alpha value is -2.92. The highest BCUT2D eigenvalue weighted by atomic mass is 16.5. The second-order valence-electron chi connectivity index (χ2n) is 5.59. The van der Waals surface area contributed by atoms with Crippen LogP contribution in [0.1, 0.15) is 46.5 Å².